The van der Waals surface area contributed by atoms with Gasteiger partial charge >= 0.3 is 0 Å². The number of benzene rings is 1. The lowest BCUT2D eigenvalue weighted by molar-refractivity contribution is 0.103. The van der Waals surface area contributed by atoms with Gasteiger partial charge in [-0.2, -0.15) is 0 Å². The van der Waals surface area contributed by atoms with Crippen LogP contribution < -0.4 is 4.74 Å². The standard InChI is InChI=1S/C15H14BrNO4S/c1-20-14-11(16)6-5-9(15(14)22(2)19)12(18)10-7-17-21-13(10)8-3-4-8/h5-8H,3-4H2,1-2H3. The van der Waals surface area contributed by atoms with Crippen molar-refractivity contribution in [3.63, 3.8) is 0 Å². The Morgan fingerprint density at radius 3 is 2.77 bits per heavy atom. The van der Waals surface area contributed by atoms with Crippen LogP contribution in [0.4, 0.5) is 0 Å². The van der Waals surface area contributed by atoms with Crippen LogP contribution in [0, 0.1) is 0 Å². The van der Waals surface area contributed by atoms with Gasteiger partial charge in [0.2, 0.25) is 10.7 Å². The maximum Gasteiger partial charge on any atom is 0.206 e. The Kier molecular flexibility index (Phi) is 4.29. The fourth-order valence-electron chi connectivity index (χ4n) is 2.40. The number of hydrogen-bond donors (Lipinski definition) is 0. The van der Waals surface area contributed by atoms with Gasteiger partial charge in [0, 0.05) is 5.92 Å². The molecule has 2 aromatic rings. The minimum atomic E-state index is -1.37. The molecule has 1 aromatic heterocycles. The summed E-state index contributed by atoms with van der Waals surface area (Å²) < 4.78 is 23.3. The highest BCUT2D eigenvalue weighted by molar-refractivity contribution is 9.10. The first-order valence-corrected chi connectivity index (χ1v) is 9.09. The molecule has 1 atom stereocenters. The van der Waals surface area contributed by atoms with E-state index < -0.39 is 11.2 Å². The third-order valence-electron chi connectivity index (χ3n) is 3.59. The Balaban J connectivity index is 2.11. The molecule has 0 bridgehead atoms. The number of carbonyl (C=O) groups excluding carboxylic acids is 1. The second kappa shape index (κ2) is 6.06. The number of aromatic nitrogens is 1. The molecule has 0 amide bonds. The summed E-state index contributed by atoms with van der Waals surface area (Å²) in [6.45, 7) is 0. The molecule has 1 aromatic carbocycles. The molecule has 1 aliphatic rings. The molecule has 0 saturated heterocycles. The van der Waals surface area contributed by atoms with E-state index in [0.717, 1.165) is 12.8 Å². The quantitative estimate of drug-likeness (QED) is 0.584. The van der Waals surface area contributed by atoms with Crippen LogP contribution in [0.15, 0.2) is 32.2 Å². The minimum Gasteiger partial charge on any atom is -0.612 e. The van der Waals surface area contributed by atoms with Crippen LogP contribution in [-0.2, 0) is 11.2 Å². The highest BCUT2D eigenvalue weighted by Crippen LogP contribution is 2.43. The SMILES string of the molecule is COc1c(Br)ccc(C(=O)c2cnoc2C2CC2)c1[S+](C)[O-]. The summed E-state index contributed by atoms with van der Waals surface area (Å²) in [5.74, 6) is 1.07. The zero-order valence-corrected chi connectivity index (χ0v) is 14.5. The molecule has 22 heavy (non-hydrogen) atoms. The molecule has 7 heteroatoms. The molecule has 5 nitrogen and oxygen atoms in total. The first-order chi connectivity index (χ1) is 10.5. The van der Waals surface area contributed by atoms with Crippen molar-refractivity contribution in [3.8, 4) is 5.75 Å². The molecule has 1 fully saturated rings. The number of halogens is 1. The molecular formula is C15H14BrNO4S. The monoisotopic (exact) mass is 383 g/mol. The van der Waals surface area contributed by atoms with Gasteiger partial charge in [0.1, 0.15) is 6.26 Å². The zero-order chi connectivity index (χ0) is 15.9. The maximum atomic E-state index is 12.9. The van der Waals surface area contributed by atoms with E-state index in [0.29, 0.717) is 32.0 Å². The van der Waals surface area contributed by atoms with Crippen LogP contribution in [0.3, 0.4) is 0 Å². The zero-order valence-electron chi connectivity index (χ0n) is 12.1. The number of methoxy groups -OCH3 is 1. The van der Waals surface area contributed by atoms with Crippen molar-refractivity contribution >= 4 is 32.9 Å². The number of nitrogens with zero attached hydrogens (tertiary/aromatic N) is 1. The predicted molar refractivity (Wildman–Crippen MR) is 84.9 cm³/mol. The van der Waals surface area contributed by atoms with Gasteiger partial charge in [-0.15, -0.1) is 0 Å². The average Bonchev–Trinajstić information content (AvgIpc) is 3.23. The van der Waals surface area contributed by atoms with E-state index in [1.54, 1.807) is 12.1 Å². The fourth-order valence-corrected chi connectivity index (χ4v) is 3.95. The van der Waals surface area contributed by atoms with Crippen molar-refractivity contribution in [1.82, 2.24) is 5.16 Å². The fraction of sp³-hybridized carbons (Fsp3) is 0.333. The molecule has 0 spiro atoms. The summed E-state index contributed by atoms with van der Waals surface area (Å²) in [6, 6.07) is 3.36. The first-order valence-electron chi connectivity index (χ1n) is 6.73. The van der Waals surface area contributed by atoms with E-state index in [2.05, 4.69) is 21.1 Å². The van der Waals surface area contributed by atoms with Gasteiger partial charge in [0.25, 0.3) is 0 Å². The minimum absolute atomic E-state index is 0.237. The average molecular weight is 384 g/mol. The van der Waals surface area contributed by atoms with E-state index in [1.165, 1.54) is 19.6 Å². The van der Waals surface area contributed by atoms with Gasteiger partial charge < -0.3 is 13.8 Å². The summed E-state index contributed by atoms with van der Waals surface area (Å²) in [6.07, 6.45) is 4.97. The van der Waals surface area contributed by atoms with Gasteiger partial charge in [0.15, 0.2) is 11.5 Å². The Morgan fingerprint density at radius 1 is 1.45 bits per heavy atom. The number of ether oxygens (including phenoxy) is 1. The Morgan fingerprint density at radius 2 is 2.18 bits per heavy atom. The van der Waals surface area contributed by atoms with E-state index in [9.17, 15) is 9.35 Å². The molecule has 0 aliphatic heterocycles. The van der Waals surface area contributed by atoms with Crippen molar-refractivity contribution in [2.24, 2.45) is 0 Å². The second-order valence-electron chi connectivity index (χ2n) is 5.12. The third-order valence-corrected chi connectivity index (χ3v) is 5.20. The molecule has 1 aliphatic carbocycles. The first kappa shape index (κ1) is 15.6. The maximum absolute atomic E-state index is 12.9. The lowest BCUT2D eigenvalue weighted by Gasteiger charge is -2.14. The van der Waals surface area contributed by atoms with Crippen LogP contribution in [0.2, 0.25) is 0 Å². The number of carbonyl (C=O) groups is 1. The van der Waals surface area contributed by atoms with E-state index in [4.69, 9.17) is 9.26 Å². The highest BCUT2D eigenvalue weighted by atomic mass is 79.9. The summed E-state index contributed by atoms with van der Waals surface area (Å²) in [4.78, 5) is 13.2. The van der Waals surface area contributed by atoms with Crippen LogP contribution in [0.25, 0.3) is 0 Å². The lowest BCUT2D eigenvalue weighted by Crippen LogP contribution is -2.12. The Bertz CT molecular complexity index is 724. The molecule has 0 N–H and O–H groups in total. The molecule has 1 saturated carbocycles. The third kappa shape index (κ3) is 2.68. The van der Waals surface area contributed by atoms with E-state index in [1.807, 2.05) is 0 Å². The van der Waals surface area contributed by atoms with Gasteiger partial charge in [-0.05, 0) is 52.1 Å². The summed E-state index contributed by atoms with van der Waals surface area (Å²) >= 11 is 1.98. The molecule has 3 rings (SSSR count). The molecular weight excluding hydrogens is 370 g/mol. The largest absolute Gasteiger partial charge is 0.612 e. The van der Waals surface area contributed by atoms with Crippen molar-refractivity contribution < 1.29 is 18.6 Å². The topological polar surface area (TPSA) is 75.4 Å². The van der Waals surface area contributed by atoms with Crippen LogP contribution >= 0.6 is 15.9 Å². The van der Waals surface area contributed by atoms with E-state index in [-0.39, 0.29) is 11.7 Å². The highest BCUT2D eigenvalue weighted by Gasteiger charge is 2.35. The summed E-state index contributed by atoms with van der Waals surface area (Å²) in [5, 5.41) is 3.75. The van der Waals surface area contributed by atoms with Crippen molar-refractivity contribution in [2.45, 2.75) is 23.7 Å². The Labute approximate surface area is 139 Å². The van der Waals surface area contributed by atoms with Crippen molar-refractivity contribution in [1.29, 1.82) is 0 Å². The van der Waals surface area contributed by atoms with Crippen molar-refractivity contribution in [3.05, 3.63) is 39.7 Å². The van der Waals surface area contributed by atoms with Crippen LogP contribution in [-0.4, -0.2) is 28.9 Å². The molecule has 1 heterocycles. The predicted octanol–water partition coefficient (Wildman–Crippen LogP) is 3.29. The smallest absolute Gasteiger partial charge is 0.206 e. The van der Waals surface area contributed by atoms with E-state index >= 15 is 0 Å². The van der Waals surface area contributed by atoms with Gasteiger partial charge in [-0.3, -0.25) is 4.79 Å². The summed E-state index contributed by atoms with van der Waals surface area (Å²) in [5.41, 5.74) is 0.796. The van der Waals surface area contributed by atoms with Gasteiger partial charge in [-0.25, -0.2) is 0 Å². The normalized spacial score (nSPS) is 15.6. The summed E-state index contributed by atoms with van der Waals surface area (Å²) in [7, 11) is 1.49. The van der Waals surface area contributed by atoms with Gasteiger partial charge in [0.05, 0.1) is 28.9 Å². The Hall–Kier alpha value is -1.31. The van der Waals surface area contributed by atoms with Gasteiger partial charge in [-0.1, -0.05) is 5.16 Å². The molecule has 116 valence electrons. The number of hydrogen-bond acceptors (Lipinski definition) is 5. The van der Waals surface area contributed by atoms with Crippen molar-refractivity contribution in [2.75, 3.05) is 13.4 Å². The molecule has 0 radical (unpaired) electrons. The number of ketones is 1. The lowest BCUT2D eigenvalue weighted by atomic mass is 10.0. The van der Waals surface area contributed by atoms with Crippen LogP contribution in [0.1, 0.15) is 40.4 Å². The molecule has 1 unspecified atom stereocenters. The number of rotatable bonds is 5. The second-order valence-corrected chi connectivity index (χ2v) is 7.29. The van der Waals surface area contributed by atoms with Crippen LogP contribution in [0.5, 0.6) is 5.75 Å².